The van der Waals surface area contributed by atoms with E-state index in [2.05, 4.69) is 10.4 Å². The van der Waals surface area contributed by atoms with Crippen molar-refractivity contribution in [3.8, 4) is 0 Å². The largest absolute Gasteiger partial charge is 0.391 e. The molecular formula is C10H19N3O2. The monoisotopic (exact) mass is 213 g/mol. The van der Waals surface area contributed by atoms with Crippen LogP contribution in [0.4, 0.5) is 0 Å². The van der Waals surface area contributed by atoms with Gasteiger partial charge in [0.15, 0.2) is 0 Å². The second-order valence-electron chi connectivity index (χ2n) is 3.56. The van der Waals surface area contributed by atoms with Gasteiger partial charge >= 0.3 is 0 Å². The maximum Gasteiger partial charge on any atom is 0.0785 e. The summed E-state index contributed by atoms with van der Waals surface area (Å²) < 4.78 is 6.60. The summed E-state index contributed by atoms with van der Waals surface area (Å²) in [6.07, 6.45) is 2.23. The second-order valence-corrected chi connectivity index (χ2v) is 3.56. The van der Waals surface area contributed by atoms with E-state index < -0.39 is 0 Å². The van der Waals surface area contributed by atoms with E-state index in [1.807, 2.05) is 19.3 Å². The normalized spacial score (nSPS) is 13.0. The highest BCUT2D eigenvalue weighted by Gasteiger charge is 2.02. The fourth-order valence-corrected chi connectivity index (χ4v) is 1.32. The van der Waals surface area contributed by atoms with Crippen molar-refractivity contribution < 1.29 is 9.84 Å². The van der Waals surface area contributed by atoms with Crippen molar-refractivity contribution in [3.63, 3.8) is 0 Å². The Hall–Kier alpha value is -0.910. The Balaban J connectivity index is 2.06. The van der Waals surface area contributed by atoms with E-state index in [0.717, 1.165) is 18.8 Å². The number of aromatic nitrogens is 2. The van der Waals surface area contributed by atoms with Crippen LogP contribution in [0.15, 0.2) is 12.3 Å². The summed E-state index contributed by atoms with van der Waals surface area (Å²) in [5.41, 5.74) is 1.01. The van der Waals surface area contributed by atoms with E-state index in [4.69, 9.17) is 4.74 Å². The predicted molar refractivity (Wildman–Crippen MR) is 57.4 cm³/mol. The fourth-order valence-electron chi connectivity index (χ4n) is 1.32. The molecule has 0 fully saturated rings. The number of aliphatic hydroxyl groups excluding tert-OH is 1. The van der Waals surface area contributed by atoms with Gasteiger partial charge in [0, 0.05) is 26.9 Å². The maximum absolute atomic E-state index is 9.37. The Morgan fingerprint density at radius 1 is 1.67 bits per heavy atom. The molecule has 0 aromatic carbocycles. The molecular weight excluding hydrogens is 194 g/mol. The summed E-state index contributed by atoms with van der Waals surface area (Å²) in [4.78, 5) is 0. The van der Waals surface area contributed by atoms with Gasteiger partial charge in [-0.2, -0.15) is 5.10 Å². The van der Waals surface area contributed by atoms with E-state index >= 15 is 0 Å². The summed E-state index contributed by atoms with van der Waals surface area (Å²) in [7, 11) is 3.48. The van der Waals surface area contributed by atoms with Crippen molar-refractivity contribution in [3.05, 3.63) is 18.0 Å². The molecule has 1 aromatic heterocycles. The molecule has 0 aliphatic rings. The van der Waals surface area contributed by atoms with Crippen LogP contribution in [0.5, 0.6) is 0 Å². The Bertz CT molecular complexity index is 275. The van der Waals surface area contributed by atoms with Crippen LogP contribution in [0.1, 0.15) is 12.1 Å². The van der Waals surface area contributed by atoms with Crippen molar-refractivity contribution >= 4 is 0 Å². The second kappa shape index (κ2) is 6.55. The third-order valence-electron chi connectivity index (χ3n) is 2.09. The molecule has 1 unspecified atom stereocenters. The van der Waals surface area contributed by atoms with Gasteiger partial charge in [-0.1, -0.05) is 0 Å². The lowest BCUT2D eigenvalue weighted by Gasteiger charge is -2.09. The highest BCUT2D eigenvalue weighted by atomic mass is 16.5. The number of hydrogen-bond acceptors (Lipinski definition) is 4. The molecule has 86 valence electrons. The molecule has 5 heteroatoms. The summed E-state index contributed by atoms with van der Waals surface area (Å²) in [5.74, 6) is 0. The zero-order valence-corrected chi connectivity index (χ0v) is 9.31. The van der Waals surface area contributed by atoms with Crippen LogP contribution in [-0.4, -0.2) is 41.3 Å². The molecule has 2 N–H and O–H groups in total. The van der Waals surface area contributed by atoms with Crippen LogP contribution in [0.3, 0.4) is 0 Å². The van der Waals surface area contributed by atoms with Crippen LogP contribution in [0, 0.1) is 0 Å². The molecule has 0 aliphatic carbocycles. The van der Waals surface area contributed by atoms with Crippen LogP contribution in [-0.2, 0) is 18.3 Å². The Kier molecular flexibility index (Phi) is 5.31. The Morgan fingerprint density at radius 2 is 2.47 bits per heavy atom. The van der Waals surface area contributed by atoms with Crippen molar-refractivity contribution in [2.75, 3.05) is 20.3 Å². The summed E-state index contributed by atoms with van der Waals surface area (Å²) in [6, 6.07) is 1.97. The number of rotatable bonds is 7. The first-order valence-electron chi connectivity index (χ1n) is 5.08. The SMILES string of the molecule is COCC(O)CCNCc1ccn(C)n1. The zero-order valence-electron chi connectivity index (χ0n) is 9.31. The molecule has 15 heavy (non-hydrogen) atoms. The number of nitrogens with zero attached hydrogens (tertiary/aromatic N) is 2. The lowest BCUT2D eigenvalue weighted by molar-refractivity contribution is 0.0594. The fraction of sp³-hybridized carbons (Fsp3) is 0.700. The maximum atomic E-state index is 9.37. The van der Waals surface area contributed by atoms with E-state index in [9.17, 15) is 5.11 Å². The zero-order chi connectivity index (χ0) is 11.1. The van der Waals surface area contributed by atoms with Gasteiger partial charge in [0.2, 0.25) is 0 Å². The first-order chi connectivity index (χ1) is 7.22. The van der Waals surface area contributed by atoms with E-state index in [0.29, 0.717) is 13.0 Å². The molecule has 0 saturated carbocycles. The molecule has 0 aliphatic heterocycles. The third-order valence-corrected chi connectivity index (χ3v) is 2.09. The Labute approximate surface area is 90.1 Å². The molecule has 1 heterocycles. The number of hydrogen-bond donors (Lipinski definition) is 2. The van der Waals surface area contributed by atoms with Crippen LogP contribution in [0.2, 0.25) is 0 Å². The predicted octanol–water partition coefficient (Wildman–Crippen LogP) is -0.0929. The topological polar surface area (TPSA) is 59.3 Å². The minimum atomic E-state index is -0.383. The van der Waals surface area contributed by atoms with Gasteiger partial charge in [-0.05, 0) is 19.0 Å². The quantitative estimate of drug-likeness (QED) is 0.621. The average Bonchev–Trinajstić information content (AvgIpc) is 2.60. The van der Waals surface area contributed by atoms with Crippen molar-refractivity contribution in [2.45, 2.75) is 19.1 Å². The van der Waals surface area contributed by atoms with Gasteiger partial charge in [-0.15, -0.1) is 0 Å². The van der Waals surface area contributed by atoms with E-state index in [-0.39, 0.29) is 6.10 Å². The number of aryl methyl sites for hydroxylation is 1. The van der Waals surface area contributed by atoms with Gasteiger partial charge in [-0.25, -0.2) is 0 Å². The van der Waals surface area contributed by atoms with E-state index in [1.165, 1.54) is 0 Å². The van der Waals surface area contributed by atoms with Crippen LogP contribution in [0.25, 0.3) is 0 Å². The smallest absolute Gasteiger partial charge is 0.0785 e. The van der Waals surface area contributed by atoms with Gasteiger partial charge in [0.25, 0.3) is 0 Å². The third kappa shape index (κ3) is 4.92. The van der Waals surface area contributed by atoms with Crippen molar-refractivity contribution in [1.82, 2.24) is 15.1 Å². The molecule has 1 aromatic rings. The highest BCUT2D eigenvalue weighted by molar-refractivity contribution is 4.97. The summed E-state index contributed by atoms with van der Waals surface area (Å²) in [6.45, 7) is 1.90. The average molecular weight is 213 g/mol. The number of methoxy groups -OCH3 is 1. The molecule has 1 atom stereocenters. The van der Waals surface area contributed by atoms with Gasteiger partial charge in [0.1, 0.15) is 0 Å². The Morgan fingerprint density at radius 3 is 3.07 bits per heavy atom. The standard InChI is InChI=1S/C10H19N3O2/c1-13-6-4-9(12-13)7-11-5-3-10(14)8-15-2/h4,6,10-11,14H,3,5,7-8H2,1-2H3. The number of nitrogens with one attached hydrogen (secondary N) is 1. The lowest BCUT2D eigenvalue weighted by atomic mass is 10.2. The number of ether oxygens (including phenoxy) is 1. The molecule has 0 amide bonds. The number of aliphatic hydroxyl groups is 1. The molecule has 0 bridgehead atoms. The van der Waals surface area contributed by atoms with Crippen molar-refractivity contribution in [2.24, 2.45) is 7.05 Å². The van der Waals surface area contributed by atoms with Crippen molar-refractivity contribution in [1.29, 1.82) is 0 Å². The molecule has 0 spiro atoms. The van der Waals surface area contributed by atoms with Gasteiger partial charge in [-0.3, -0.25) is 4.68 Å². The lowest BCUT2D eigenvalue weighted by Crippen LogP contribution is -2.23. The molecule has 0 saturated heterocycles. The molecule has 5 nitrogen and oxygen atoms in total. The van der Waals surface area contributed by atoms with Crippen LogP contribution >= 0.6 is 0 Å². The summed E-state index contributed by atoms with van der Waals surface area (Å²) in [5, 5.41) is 16.8. The first-order valence-corrected chi connectivity index (χ1v) is 5.08. The van der Waals surface area contributed by atoms with E-state index in [1.54, 1.807) is 11.8 Å². The summed E-state index contributed by atoms with van der Waals surface area (Å²) >= 11 is 0. The molecule has 1 rings (SSSR count). The van der Waals surface area contributed by atoms with Gasteiger partial charge in [0.05, 0.1) is 18.4 Å². The molecule has 0 radical (unpaired) electrons. The minimum Gasteiger partial charge on any atom is -0.391 e. The highest BCUT2D eigenvalue weighted by Crippen LogP contribution is 1.94. The minimum absolute atomic E-state index is 0.383. The first kappa shape index (κ1) is 12.2. The van der Waals surface area contributed by atoms with Crippen LogP contribution < -0.4 is 5.32 Å². The van der Waals surface area contributed by atoms with Gasteiger partial charge < -0.3 is 15.2 Å².